The molecule has 0 radical (unpaired) electrons. The molecular formula is C22H30O6. The summed E-state index contributed by atoms with van der Waals surface area (Å²) in [6.45, 7) is 0.111. The number of rotatable bonds is 11. The van der Waals surface area contributed by atoms with Gasteiger partial charge in [0.2, 0.25) is 0 Å². The van der Waals surface area contributed by atoms with Gasteiger partial charge in [0, 0.05) is 18.8 Å². The summed E-state index contributed by atoms with van der Waals surface area (Å²) in [4.78, 5) is 10.5. The summed E-state index contributed by atoms with van der Waals surface area (Å²) < 4.78 is 5.51. The molecule has 0 heterocycles. The molecule has 1 saturated carbocycles. The molecule has 0 amide bonds. The third-order valence-corrected chi connectivity index (χ3v) is 4.97. The Labute approximate surface area is 165 Å². The van der Waals surface area contributed by atoms with E-state index in [1.807, 2.05) is 42.5 Å². The van der Waals surface area contributed by atoms with Gasteiger partial charge in [0.25, 0.3) is 0 Å². The van der Waals surface area contributed by atoms with Gasteiger partial charge < -0.3 is 25.2 Å². The molecule has 5 atom stereocenters. The van der Waals surface area contributed by atoms with Crippen LogP contribution in [0.4, 0.5) is 0 Å². The van der Waals surface area contributed by atoms with Crippen LogP contribution in [0.5, 0.6) is 5.75 Å². The predicted molar refractivity (Wildman–Crippen MR) is 106 cm³/mol. The number of allylic oxidation sites excluding steroid dienone is 2. The molecule has 6 heteroatoms. The fraction of sp³-hybridized carbons (Fsp3) is 0.500. The zero-order valence-electron chi connectivity index (χ0n) is 15.9. The van der Waals surface area contributed by atoms with Crippen LogP contribution >= 0.6 is 0 Å². The van der Waals surface area contributed by atoms with Gasteiger partial charge in [0.15, 0.2) is 0 Å². The summed E-state index contributed by atoms with van der Waals surface area (Å²) in [5, 5.41) is 39.2. The highest BCUT2D eigenvalue weighted by molar-refractivity contribution is 5.66. The lowest BCUT2D eigenvalue weighted by molar-refractivity contribution is -0.137. The normalized spacial score (nSPS) is 26.1. The van der Waals surface area contributed by atoms with Crippen LogP contribution in [0.15, 0.2) is 54.6 Å². The Morgan fingerprint density at radius 1 is 1.18 bits per heavy atom. The summed E-state index contributed by atoms with van der Waals surface area (Å²) in [6, 6.07) is 9.22. The van der Waals surface area contributed by atoms with Crippen LogP contribution in [0.25, 0.3) is 0 Å². The van der Waals surface area contributed by atoms with Gasteiger partial charge in [-0.3, -0.25) is 4.79 Å². The van der Waals surface area contributed by atoms with E-state index in [0.717, 1.165) is 0 Å². The molecule has 0 spiro atoms. The molecule has 1 aliphatic rings. The number of hydrogen-bond donors (Lipinski definition) is 4. The lowest BCUT2D eigenvalue weighted by atomic mass is 9.89. The number of benzene rings is 1. The van der Waals surface area contributed by atoms with Crippen molar-refractivity contribution >= 4 is 5.97 Å². The van der Waals surface area contributed by atoms with Crippen molar-refractivity contribution in [2.75, 3.05) is 6.61 Å². The number of carboxylic acids is 1. The Balaban J connectivity index is 1.82. The predicted octanol–water partition coefficient (Wildman–Crippen LogP) is 2.54. The largest absolute Gasteiger partial charge is 0.491 e. The third-order valence-electron chi connectivity index (χ3n) is 4.97. The second kappa shape index (κ2) is 11.6. The second-order valence-electron chi connectivity index (χ2n) is 7.18. The molecule has 1 aromatic rings. The molecule has 4 N–H and O–H groups in total. The van der Waals surface area contributed by atoms with Crippen molar-refractivity contribution in [3.05, 3.63) is 54.6 Å². The minimum absolute atomic E-state index is 0.111. The van der Waals surface area contributed by atoms with Crippen molar-refractivity contribution in [1.29, 1.82) is 0 Å². The molecule has 5 unspecified atom stereocenters. The lowest BCUT2D eigenvalue weighted by Gasteiger charge is -2.19. The summed E-state index contributed by atoms with van der Waals surface area (Å²) in [6.07, 6.45) is 7.46. The van der Waals surface area contributed by atoms with Crippen molar-refractivity contribution < 1.29 is 30.0 Å². The van der Waals surface area contributed by atoms with Crippen molar-refractivity contribution in [3.63, 3.8) is 0 Å². The smallest absolute Gasteiger partial charge is 0.303 e. The topological polar surface area (TPSA) is 107 Å². The maximum atomic E-state index is 10.5. The molecule has 6 nitrogen and oxygen atoms in total. The van der Waals surface area contributed by atoms with Gasteiger partial charge in [0.05, 0.1) is 12.2 Å². The first-order valence-electron chi connectivity index (χ1n) is 9.74. The first-order chi connectivity index (χ1) is 13.5. The Kier molecular flexibility index (Phi) is 9.20. The second-order valence-corrected chi connectivity index (χ2v) is 7.18. The SMILES string of the molecule is O=C(O)CCC/C=C/CC1C(O)CC(O)C1/C=C/C(O)COc1ccccc1. The number of hydrogen-bond acceptors (Lipinski definition) is 5. The van der Waals surface area contributed by atoms with E-state index >= 15 is 0 Å². The standard InChI is InChI=1S/C22H30O6/c23-16(15-28-17-8-4-3-5-9-17)12-13-19-18(20(24)14-21(19)25)10-6-1-2-7-11-22(26)27/h1,3-6,8-9,12-13,16,18-21,23-25H,2,7,10-11,14-15H2,(H,26,27)/b6-1+,13-12+. The fourth-order valence-electron chi connectivity index (χ4n) is 3.46. The lowest BCUT2D eigenvalue weighted by Crippen LogP contribution is -2.21. The van der Waals surface area contributed by atoms with Crippen molar-refractivity contribution in [2.24, 2.45) is 11.8 Å². The fourth-order valence-corrected chi connectivity index (χ4v) is 3.46. The van der Waals surface area contributed by atoms with Crippen LogP contribution in [0, 0.1) is 11.8 Å². The highest BCUT2D eigenvalue weighted by atomic mass is 16.5. The minimum atomic E-state index is -0.808. The average molecular weight is 390 g/mol. The van der Waals surface area contributed by atoms with E-state index in [2.05, 4.69) is 0 Å². The third kappa shape index (κ3) is 7.46. The average Bonchev–Trinajstić information content (AvgIpc) is 2.94. The van der Waals surface area contributed by atoms with Gasteiger partial charge in [-0.25, -0.2) is 0 Å². The van der Waals surface area contributed by atoms with Crippen molar-refractivity contribution in [3.8, 4) is 5.75 Å². The summed E-state index contributed by atoms with van der Waals surface area (Å²) in [7, 11) is 0. The van der Waals surface area contributed by atoms with E-state index in [0.29, 0.717) is 31.4 Å². The number of carbonyl (C=O) groups is 1. The van der Waals surface area contributed by atoms with Crippen molar-refractivity contribution in [1.82, 2.24) is 0 Å². The molecule has 0 aromatic heterocycles. The van der Waals surface area contributed by atoms with E-state index in [-0.39, 0.29) is 24.9 Å². The van der Waals surface area contributed by atoms with E-state index in [9.17, 15) is 20.1 Å². The highest BCUT2D eigenvalue weighted by Crippen LogP contribution is 2.36. The molecule has 1 aliphatic carbocycles. The van der Waals surface area contributed by atoms with Crippen LogP contribution in [0.3, 0.4) is 0 Å². The van der Waals surface area contributed by atoms with E-state index in [1.54, 1.807) is 12.2 Å². The van der Waals surface area contributed by atoms with Crippen LogP contribution in [0.1, 0.15) is 32.1 Å². The molecule has 0 bridgehead atoms. The highest BCUT2D eigenvalue weighted by Gasteiger charge is 2.39. The molecule has 28 heavy (non-hydrogen) atoms. The number of carboxylic acid groups (broad SMARTS) is 1. The first-order valence-corrected chi connectivity index (χ1v) is 9.74. The summed E-state index contributed by atoms with van der Waals surface area (Å²) in [5.74, 6) is -0.505. The zero-order valence-corrected chi connectivity index (χ0v) is 15.9. The van der Waals surface area contributed by atoms with E-state index in [4.69, 9.17) is 9.84 Å². The van der Waals surface area contributed by atoms with Crippen LogP contribution in [0.2, 0.25) is 0 Å². The van der Waals surface area contributed by atoms with Crippen LogP contribution in [-0.2, 0) is 4.79 Å². The number of para-hydroxylation sites is 1. The van der Waals surface area contributed by atoms with Gasteiger partial charge >= 0.3 is 5.97 Å². The molecule has 0 aliphatic heterocycles. The van der Waals surface area contributed by atoms with Gasteiger partial charge in [0.1, 0.15) is 18.5 Å². The molecule has 1 fully saturated rings. The molecule has 154 valence electrons. The van der Waals surface area contributed by atoms with Gasteiger partial charge in [-0.1, -0.05) is 42.5 Å². The minimum Gasteiger partial charge on any atom is -0.491 e. The molecule has 0 saturated heterocycles. The van der Waals surface area contributed by atoms with E-state index in [1.165, 1.54) is 0 Å². The van der Waals surface area contributed by atoms with Gasteiger partial charge in [-0.15, -0.1) is 0 Å². The number of aliphatic hydroxyl groups is 3. The molecular weight excluding hydrogens is 360 g/mol. The molecule has 2 rings (SSSR count). The number of aliphatic carboxylic acids is 1. The quantitative estimate of drug-likeness (QED) is 0.342. The molecule has 1 aromatic carbocycles. The van der Waals surface area contributed by atoms with E-state index < -0.39 is 24.3 Å². The number of ether oxygens (including phenoxy) is 1. The number of unbranched alkanes of at least 4 members (excludes halogenated alkanes) is 1. The Morgan fingerprint density at radius 2 is 1.93 bits per heavy atom. The van der Waals surface area contributed by atoms with Gasteiger partial charge in [-0.2, -0.15) is 0 Å². The van der Waals surface area contributed by atoms with Gasteiger partial charge in [-0.05, 0) is 37.3 Å². The Bertz CT molecular complexity index is 642. The monoisotopic (exact) mass is 390 g/mol. The van der Waals surface area contributed by atoms with Crippen LogP contribution < -0.4 is 4.74 Å². The summed E-state index contributed by atoms with van der Waals surface area (Å²) >= 11 is 0. The Hall–Kier alpha value is -2.15. The zero-order chi connectivity index (χ0) is 20.4. The maximum absolute atomic E-state index is 10.5. The first kappa shape index (κ1) is 22.1. The van der Waals surface area contributed by atoms with Crippen molar-refractivity contribution in [2.45, 2.75) is 50.4 Å². The summed E-state index contributed by atoms with van der Waals surface area (Å²) in [5.41, 5.74) is 0. The maximum Gasteiger partial charge on any atom is 0.303 e. The Morgan fingerprint density at radius 3 is 2.64 bits per heavy atom. The number of aliphatic hydroxyl groups excluding tert-OH is 3. The van der Waals surface area contributed by atoms with Crippen LogP contribution in [-0.4, -0.2) is 51.3 Å².